The van der Waals surface area contributed by atoms with Crippen LogP contribution in [0.15, 0.2) is 6.20 Å². The minimum atomic E-state index is -0.436. The third-order valence-corrected chi connectivity index (χ3v) is 4.84. The number of rotatable bonds is 4. The van der Waals surface area contributed by atoms with Gasteiger partial charge in [0.25, 0.3) is 0 Å². The Morgan fingerprint density at radius 3 is 2.85 bits per heavy atom. The molecule has 0 aromatic carbocycles. The molecular weight excluding hydrogens is 274 g/mol. The van der Waals surface area contributed by atoms with Crippen molar-refractivity contribution < 1.29 is 4.79 Å². The number of nitrogens with zero attached hydrogens (tertiary/aromatic N) is 3. The van der Waals surface area contributed by atoms with Crippen molar-refractivity contribution in [2.75, 3.05) is 14.1 Å². The predicted octanol–water partition coefficient (Wildman–Crippen LogP) is 3.25. The van der Waals surface area contributed by atoms with Crippen LogP contribution in [0.3, 0.4) is 0 Å². The average molecular weight is 298 g/mol. The smallest absolute Gasteiger partial charge is 0.202 e. The van der Waals surface area contributed by atoms with Crippen molar-refractivity contribution in [1.82, 2.24) is 14.7 Å². The molecule has 1 saturated carbocycles. The monoisotopic (exact) mass is 297 g/mol. The third-order valence-electron chi connectivity index (χ3n) is 4.56. The molecule has 1 aliphatic rings. The summed E-state index contributed by atoms with van der Waals surface area (Å²) in [5.41, 5.74) is 0.130. The van der Waals surface area contributed by atoms with Gasteiger partial charge in [0.05, 0.1) is 16.8 Å². The summed E-state index contributed by atoms with van der Waals surface area (Å²) in [7, 11) is 3.99. The van der Waals surface area contributed by atoms with Crippen LogP contribution in [0, 0.1) is 5.92 Å². The zero-order valence-corrected chi connectivity index (χ0v) is 13.6. The first-order valence-corrected chi connectivity index (χ1v) is 7.73. The Morgan fingerprint density at radius 1 is 1.60 bits per heavy atom. The van der Waals surface area contributed by atoms with Crippen molar-refractivity contribution in [3.05, 3.63) is 16.9 Å². The molecule has 0 amide bonds. The molecule has 1 aromatic rings. The molecule has 5 heteroatoms. The van der Waals surface area contributed by atoms with E-state index in [2.05, 4.69) is 16.9 Å². The molecule has 0 N–H and O–H groups in total. The number of aromatic nitrogens is 2. The maximum Gasteiger partial charge on any atom is 0.202 e. The molecule has 20 heavy (non-hydrogen) atoms. The van der Waals surface area contributed by atoms with Crippen molar-refractivity contribution >= 4 is 17.4 Å². The summed E-state index contributed by atoms with van der Waals surface area (Å²) in [6.45, 7) is 4.86. The molecule has 112 valence electrons. The first-order valence-electron chi connectivity index (χ1n) is 7.36. The molecule has 0 bridgehead atoms. The Morgan fingerprint density at radius 2 is 2.30 bits per heavy atom. The van der Waals surface area contributed by atoms with E-state index in [9.17, 15) is 4.79 Å². The van der Waals surface area contributed by atoms with E-state index in [4.69, 9.17) is 11.6 Å². The van der Waals surface area contributed by atoms with Crippen LogP contribution >= 0.6 is 11.6 Å². The lowest BCUT2D eigenvalue weighted by molar-refractivity contribution is 0.0475. The molecule has 0 radical (unpaired) electrons. The molecule has 2 unspecified atom stereocenters. The number of likely N-dealkylation sites (N-methyl/N-ethyl adjacent to an activating group) is 1. The molecule has 2 rings (SSSR count). The molecule has 0 spiro atoms. The summed E-state index contributed by atoms with van der Waals surface area (Å²) in [5, 5.41) is 4.67. The lowest BCUT2D eigenvalue weighted by Gasteiger charge is -2.43. The highest BCUT2D eigenvalue weighted by molar-refractivity contribution is 6.34. The molecule has 4 nitrogen and oxygen atoms in total. The summed E-state index contributed by atoms with van der Waals surface area (Å²) in [6, 6.07) is 0. The van der Waals surface area contributed by atoms with Gasteiger partial charge in [0, 0.05) is 6.54 Å². The van der Waals surface area contributed by atoms with Crippen molar-refractivity contribution in [3.63, 3.8) is 0 Å². The fraction of sp³-hybridized carbons (Fsp3) is 0.733. The van der Waals surface area contributed by atoms with Crippen molar-refractivity contribution in [2.24, 2.45) is 5.92 Å². The average Bonchev–Trinajstić information content (AvgIpc) is 2.78. The van der Waals surface area contributed by atoms with Crippen LogP contribution < -0.4 is 0 Å². The quantitative estimate of drug-likeness (QED) is 0.801. The Bertz CT molecular complexity index is 497. The fourth-order valence-electron chi connectivity index (χ4n) is 3.39. The molecule has 1 aromatic heterocycles. The van der Waals surface area contributed by atoms with Crippen LogP contribution in [0.4, 0.5) is 0 Å². The maximum atomic E-state index is 13.2. The summed E-state index contributed by atoms with van der Waals surface area (Å²) in [5.74, 6) is 0.685. The van der Waals surface area contributed by atoms with Gasteiger partial charge in [-0.15, -0.1) is 0 Å². The second-order valence-electron chi connectivity index (χ2n) is 6.11. The fourth-order valence-corrected chi connectivity index (χ4v) is 3.61. The highest BCUT2D eigenvalue weighted by Gasteiger charge is 2.45. The predicted molar refractivity (Wildman–Crippen MR) is 81.3 cm³/mol. The van der Waals surface area contributed by atoms with E-state index in [1.807, 2.05) is 21.0 Å². The molecular formula is C15H24ClN3O. The van der Waals surface area contributed by atoms with E-state index < -0.39 is 5.54 Å². The highest BCUT2D eigenvalue weighted by atomic mass is 35.5. The van der Waals surface area contributed by atoms with Gasteiger partial charge in [-0.2, -0.15) is 5.10 Å². The van der Waals surface area contributed by atoms with Gasteiger partial charge < -0.3 is 0 Å². The van der Waals surface area contributed by atoms with Gasteiger partial charge in [0.2, 0.25) is 5.78 Å². The lowest BCUT2D eigenvalue weighted by Crippen LogP contribution is -2.54. The van der Waals surface area contributed by atoms with Gasteiger partial charge in [-0.25, -0.2) is 0 Å². The summed E-state index contributed by atoms with van der Waals surface area (Å²) < 4.78 is 1.72. The van der Waals surface area contributed by atoms with Crippen LogP contribution in [0.1, 0.15) is 50.0 Å². The van der Waals surface area contributed by atoms with E-state index in [1.54, 1.807) is 10.9 Å². The second kappa shape index (κ2) is 5.86. The van der Waals surface area contributed by atoms with E-state index in [1.165, 1.54) is 6.42 Å². The van der Waals surface area contributed by atoms with E-state index in [-0.39, 0.29) is 5.78 Å². The Hall–Kier alpha value is -0.870. The SMILES string of the molecule is CCn1ncc(Cl)c1C(=O)C1(N(C)C)CCCC(C)C1. The van der Waals surface area contributed by atoms with Crippen molar-refractivity contribution in [3.8, 4) is 0 Å². The van der Waals surface area contributed by atoms with Gasteiger partial charge in [-0.3, -0.25) is 14.4 Å². The molecule has 0 saturated heterocycles. The Kier molecular flexibility index (Phi) is 4.55. The highest BCUT2D eigenvalue weighted by Crippen LogP contribution is 2.39. The number of carbonyl (C=O) groups is 1. The van der Waals surface area contributed by atoms with Gasteiger partial charge in [0.15, 0.2) is 0 Å². The zero-order chi connectivity index (χ0) is 14.9. The lowest BCUT2D eigenvalue weighted by atomic mass is 9.72. The first-order chi connectivity index (χ1) is 9.42. The second-order valence-corrected chi connectivity index (χ2v) is 6.52. The largest absolute Gasteiger partial charge is 0.297 e. The summed E-state index contributed by atoms with van der Waals surface area (Å²) >= 11 is 6.22. The molecule has 1 aliphatic carbocycles. The van der Waals surface area contributed by atoms with Gasteiger partial charge >= 0.3 is 0 Å². The number of Topliss-reactive ketones (excluding diaryl/α,β-unsaturated/α-hetero) is 1. The van der Waals surface area contributed by atoms with E-state index in [0.717, 1.165) is 19.3 Å². The van der Waals surface area contributed by atoms with Crippen LogP contribution in [0.5, 0.6) is 0 Å². The van der Waals surface area contributed by atoms with E-state index in [0.29, 0.717) is 23.2 Å². The van der Waals surface area contributed by atoms with Crippen LogP contribution in [0.2, 0.25) is 5.02 Å². The number of halogens is 1. The third kappa shape index (κ3) is 2.51. The molecule has 2 atom stereocenters. The standard InChI is InChI=1S/C15H24ClN3O/c1-5-19-13(12(16)10-17-19)14(20)15(18(3)4)8-6-7-11(2)9-15/h10-11H,5-9H2,1-4H3. The number of carbonyl (C=O) groups excluding carboxylic acids is 1. The van der Waals surface area contributed by atoms with Crippen LogP contribution in [-0.4, -0.2) is 40.1 Å². The maximum absolute atomic E-state index is 13.2. The van der Waals surface area contributed by atoms with Gasteiger partial charge in [-0.1, -0.05) is 31.4 Å². The van der Waals surface area contributed by atoms with Crippen molar-refractivity contribution in [1.29, 1.82) is 0 Å². The Balaban J connectivity index is 2.44. The van der Waals surface area contributed by atoms with Crippen LogP contribution in [0.25, 0.3) is 0 Å². The summed E-state index contributed by atoms with van der Waals surface area (Å²) in [6.07, 6.45) is 5.65. The summed E-state index contributed by atoms with van der Waals surface area (Å²) in [4.78, 5) is 15.3. The first kappa shape index (κ1) is 15.5. The number of hydrogen-bond donors (Lipinski definition) is 0. The zero-order valence-electron chi connectivity index (χ0n) is 12.8. The molecule has 1 heterocycles. The topological polar surface area (TPSA) is 38.1 Å². The number of aryl methyl sites for hydroxylation is 1. The van der Waals surface area contributed by atoms with Gasteiger partial charge in [0.1, 0.15) is 5.69 Å². The minimum Gasteiger partial charge on any atom is -0.297 e. The molecule has 0 aliphatic heterocycles. The molecule has 1 fully saturated rings. The van der Waals surface area contributed by atoms with Gasteiger partial charge in [-0.05, 0) is 39.8 Å². The number of hydrogen-bond acceptors (Lipinski definition) is 3. The minimum absolute atomic E-state index is 0.124. The van der Waals surface area contributed by atoms with Crippen molar-refractivity contribution in [2.45, 2.75) is 51.6 Å². The van der Waals surface area contributed by atoms with E-state index >= 15 is 0 Å². The van der Waals surface area contributed by atoms with Crippen LogP contribution in [-0.2, 0) is 6.54 Å². The Labute approximate surface area is 126 Å². The number of ketones is 1. The normalized spacial score (nSPS) is 27.0.